The van der Waals surface area contributed by atoms with Gasteiger partial charge in [-0.25, -0.2) is 19.9 Å². The minimum atomic E-state index is 0.223. The number of nitrogens with zero attached hydrogens (tertiary/aromatic N) is 5. The van der Waals surface area contributed by atoms with Crippen LogP contribution >= 0.6 is 81.3 Å². The molecule has 0 aliphatic carbocycles. The standard InChI is InChI=1S/C44H23N3OS3.C22H11ClN2OS2.C22H13NS/c1-2-13-25-24(12-1)40-36(37-28-16-5-8-20-32(28)50-43(25)37)26-14-3-6-18-30(26)47(40)44-45-38-27-15-4-7-19-31(27)48-41(38)39(46-44)29-17-11-23-35-42(29)51-34-22-10-9-21-33(34)49-35;23-22-24-18-12-6-1-2-8-14(12)26-20(18)19(25-22)13-7-5-11-17-21(13)28-16-10-4-3-9-15(16)27-17;1-2-8-14-13(7-1)21-19(15-9-3-5-11-17(15)23-21)20-16-10-4-6-12-18(16)24-22(14)20/h1-23H;1-11H;1-12,23H. The van der Waals surface area contributed by atoms with Gasteiger partial charge in [0.05, 0.1) is 16.6 Å². The Bertz CT molecular complexity index is 7280. The van der Waals surface area contributed by atoms with E-state index in [4.69, 9.17) is 30.4 Å². The molecule has 22 aromatic rings. The fourth-order valence-corrected chi connectivity index (χ4v) is 22.8. The first kappa shape index (κ1) is 59.7. The van der Waals surface area contributed by atoms with Crippen molar-refractivity contribution in [1.29, 1.82) is 0 Å². The lowest BCUT2D eigenvalue weighted by atomic mass is 10.00. The van der Waals surface area contributed by atoms with E-state index in [1.54, 1.807) is 35.3 Å². The van der Waals surface area contributed by atoms with Crippen molar-refractivity contribution in [3.8, 4) is 28.5 Å². The van der Waals surface area contributed by atoms with Crippen molar-refractivity contribution in [1.82, 2.24) is 29.5 Å². The number of halogens is 1. The van der Waals surface area contributed by atoms with Gasteiger partial charge in [0.2, 0.25) is 11.2 Å². The number of fused-ring (bicyclic) bond motifs is 30. The maximum absolute atomic E-state index is 6.66. The van der Waals surface area contributed by atoms with Crippen LogP contribution in [0.1, 0.15) is 0 Å². The zero-order valence-corrected chi connectivity index (χ0v) is 59.6. The van der Waals surface area contributed by atoms with Gasteiger partial charge >= 0.3 is 0 Å². The first-order chi connectivity index (χ1) is 51.0. The fraction of sp³-hybridized carbons (Fsp3) is 0. The van der Waals surface area contributed by atoms with Crippen LogP contribution < -0.4 is 0 Å². The van der Waals surface area contributed by atoms with Gasteiger partial charge < -0.3 is 13.8 Å². The van der Waals surface area contributed by atoms with Crippen molar-refractivity contribution in [2.45, 2.75) is 39.2 Å². The summed E-state index contributed by atoms with van der Waals surface area (Å²) >= 11 is 17.3. The van der Waals surface area contributed by atoms with E-state index in [0.717, 1.165) is 66.5 Å². The molecule has 0 atom stereocenters. The second-order valence-corrected chi connectivity index (χ2v) is 32.2. The molecule has 0 amide bonds. The van der Waals surface area contributed by atoms with E-state index in [1.807, 2.05) is 70.8 Å². The Morgan fingerprint density at radius 3 is 1.37 bits per heavy atom. The molecule has 1 N–H and O–H groups in total. The molecular formula is C88H47ClN6O2S6. The van der Waals surface area contributed by atoms with Gasteiger partial charge in [-0.2, -0.15) is 0 Å². The van der Waals surface area contributed by atoms with E-state index in [9.17, 15) is 0 Å². The van der Waals surface area contributed by atoms with Crippen LogP contribution in [-0.4, -0.2) is 29.5 Å². The van der Waals surface area contributed by atoms with Crippen LogP contribution in [0.3, 0.4) is 0 Å². The van der Waals surface area contributed by atoms with E-state index in [1.165, 1.54) is 134 Å². The van der Waals surface area contributed by atoms with Crippen molar-refractivity contribution in [3.05, 3.63) is 284 Å². The lowest BCUT2D eigenvalue weighted by Gasteiger charge is -2.21. The van der Waals surface area contributed by atoms with Gasteiger partial charge in [0.15, 0.2) is 11.2 Å². The molecule has 484 valence electrons. The summed E-state index contributed by atoms with van der Waals surface area (Å²) in [7, 11) is 0. The van der Waals surface area contributed by atoms with Crippen molar-refractivity contribution in [3.63, 3.8) is 0 Å². The molecule has 0 bridgehead atoms. The maximum Gasteiger partial charge on any atom is 0.236 e. The van der Waals surface area contributed by atoms with Gasteiger partial charge in [0.1, 0.15) is 33.6 Å². The third-order valence-corrected chi connectivity index (χ3v) is 27.6. The Morgan fingerprint density at radius 1 is 0.330 bits per heavy atom. The minimum absolute atomic E-state index is 0.223. The van der Waals surface area contributed by atoms with Gasteiger partial charge in [0.25, 0.3) is 0 Å². The highest BCUT2D eigenvalue weighted by atomic mass is 35.5. The zero-order chi connectivity index (χ0) is 67.5. The summed E-state index contributed by atoms with van der Waals surface area (Å²) in [6, 6.07) is 98.4. The summed E-state index contributed by atoms with van der Waals surface area (Å²) in [4.78, 5) is 33.5. The van der Waals surface area contributed by atoms with Crippen molar-refractivity contribution >= 4 is 231 Å². The summed E-state index contributed by atoms with van der Waals surface area (Å²) < 4.78 is 20.5. The molecule has 103 heavy (non-hydrogen) atoms. The Labute approximate surface area is 616 Å². The number of hydrogen-bond acceptors (Lipinski definition) is 12. The molecule has 2 aliphatic rings. The number of nitrogens with one attached hydrogen (secondary N) is 1. The van der Waals surface area contributed by atoms with Crippen molar-refractivity contribution in [2.24, 2.45) is 0 Å². The third kappa shape index (κ3) is 9.28. The van der Waals surface area contributed by atoms with E-state index in [2.05, 4.69) is 262 Å². The summed E-state index contributed by atoms with van der Waals surface area (Å²) in [6.07, 6.45) is 0. The van der Waals surface area contributed by atoms with E-state index in [0.29, 0.717) is 17.1 Å². The second kappa shape index (κ2) is 23.6. The molecule has 0 unspecified atom stereocenters. The van der Waals surface area contributed by atoms with Crippen LogP contribution in [0.4, 0.5) is 0 Å². The molecule has 0 saturated carbocycles. The average Bonchev–Trinajstić information content (AvgIpc) is 1.54. The average molecular weight is 1450 g/mol. The number of rotatable bonds is 3. The van der Waals surface area contributed by atoms with Gasteiger partial charge in [-0.15, -0.1) is 22.7 Å². The quantitative estimate of drug-likeness (QED) is 0.172. The third-order valence-electron chi connectivity index (χ3n) is 19.8. The molecule has 24 rings (SSSR count). The maximum atomic E-state index is 6.66. The van der Waals surface area contributed by atoms with Gasteiger partial charge in [-0.3, -0.25) is 4.57 Å². The smallest absolute Gasteiger partial charge is 0.236 e. The highest BCUT2D eigenvalue weighted by molar-refractivity contribution is 8.05. The summed E-state index contributed by atoms with van der Waals surface area (Å²) in [5, 5.41) is 17.6. The number of hydrogen-bond donors (Lipinski definition) is 1. The Balaban J connectivity index is 0.000000108. The molecule has 2 aliphatic heterocycles. The molecule has 0 fully saturated rings. The molecule has 0 saturated heterocycles. The Kier molecular flexibility index (Phi) is 13.7. The lowest BCUT2D eigenvalue weighted by molar-refractivity contribution is 0.666. The molecular weight excluding hydrogens is 1400 g/mol. The van der Waals surface area contributed by atoms with Crippen LogP contribution in [-0.2, 0) is 0 Å². The van der Waals surface area contributed by atoms with E-state index in [-0.39, 0.29) is 5.28 Å². The molecule has 10 heterocycles. The van der Waals surface area contributed by atoms with Crippen LogP contribution in [0, 0.1) is 0 Å². The fourth-order valence-electron chi connectivity index (χ4n) is 15.4. The monoisotopic (exact) mass is 1450 g/mol. The molecule has 0 spiro atoms. The Morgan fingerprint density at radius 2 is 0.767 bits per heavy atom. The van der Waals surface area contributed by atoms with E-state index < -0.39 is 0 Å². The van der Waals surface area contributed by atoms with Gasteiger partial charge in [0, 0.05) is 150 Å². The van der Waals surface area contributed by atoms with Gasteiger partial charge in [-0.05, 0) is 96.5 Å². The number of para-hydroxylation sites is 4. The second-order valence-electron chi connectivity index (χ2n) is 25.5. The topological polar surface area (TPSA) is 98.6 Å². The summed E-state index contributed by atoms with van der Waals surface area (Å²) in [5.74, 6) is 0.630. The first-order valence-electron chi connectivity index (χ1n) is 33.7. The van der Waals surface area contributed by atoms with Crippen LogP contribution in [0.25, 0.3) is 178 Å². The summed E-state index contributed by atoms with van der Waals surface area (Å²) in [6.45, 7) is 0. The van der Waals surface area contributed by atoms with Crippen LogP contribution in [0.15, 0.2) is 327 Å². The minimum Gasteiger partial charge on any atom is -0.452 e. The number of benzene rings is 14. The zero-order valence-electron chi connectivity index (χ0n) is 53.9. The highest BCUT2D eigenvalue weighted by Crippen LogP contribution is 2.56. The number of aromatic nitrogens is 6. The van der Waals surface area contributed by atoms with Crippen LogP contribution in [0.5, 0.6) is 0 Å². The lowest BCUT2D eigenvalue weighted by Crippen LogP contribution is -2.04. The normalized spacial score (nSPS) is 12.7. The van der Waals surface area contributed by atoms with Gasteiger partial charge in [-0.1, -0.05) is 241 Å². The highest BCUT2D eigenvalue weighted by Gasteiger charge is 2.30. The predicted molar refractivity (Wildman–Crippen MR) is 435 cm³/mol. The largest absolute Gasteiger partial charge is 0.452 e. The number of H-pyrrole nitrogens is 1. The molecule has 8 nitrogen and oxygen atoms in total. The molecule has 14 aromatic carbocycles. The number of furan rings is 2. The summed E-state index contributed by atoms with van der Waals surface area (Å²) in [5.41, 5.74) is 12.8. The first-order valence-corrected chi connectivity index (χ1v) is 39.0. The molecule has 0 radical (unpaired) electrons. The van der Waals surface area contributed by atoms with E-state index >= 15 is 0 Å². The number of aromatic amines is 1. The SMILES string of the molecule is Clc1nc(-c2cccc3c2Sc2ccccc2S3)c2oc3ccccc3c2n1.c1ccc2c(c1)Sc1cccc(-c3nc(-n4c5ccccc5c5c6c7ccccc7sc6c6ccccc6c54)nc4c3oc3ccccc34)c1S2.c1ccc2c(c1)[nH]c1c3ccccc3c3sc4ccccc4c3c21. The predicted octanol–water partition coefficient (Wildman–Crippen LogP) is 27.4. The van der Waals surface area contributed by atoms with Crippen molar-refractivity contribution in [2.75, 3.05) is 0 Å². The number of thiophene rings is 2. The van der Waals surface area contributed by atoms with Crippen LogP contribution in [0.2, 0.25) is 5.28 Å². The van der Waals surface area contributed by atoms with Crippen molar-refractivity contribution < 1.29 is 8.83 Å². The molecule has 15 heteroatoms. The Hall–Kier alpha value is -10.9. The molecule has 8 aromatic heterocycles.